The highest BCUT2D eigenvalue weighted by molar-refractivity contribution is 7.89. The van der Waals surface area contributed by atoms with E-state index in [1.54, 1.807) is 18.5 Å². The van der Waals surface area contributed by atoms with Gasteiger partial charge in [0.15, 0.2) is 0 Å². The lowest BCUT2D eigenvalue weighted by Crippen LogP contribution is -2.30. The van der Waals surface area contributed by atoms with Gasteiger partial charge in [0.2, 0.25) is 10.0 Å². The van der Waals surface area contributed by atoms with Gasteiger partial charge in [0.1, 0.15) is 5.82 Å². The van der Waals surface area contributed by atoms with Gasteiger partial charge in [0.05, 0.1) is 27.8 Å². The van der Waals surface area contributed by atoms with Crippen molar-refractivity contribution in [2.24, 2.45) is 0 Å². The third-order valence-electron chi connectivity index (χ3n) is 6.17. The van der Waals surface area contributed by atoms with Gasteiger partial charge in [-0.1, -0.05) is 26.0 Å². The van der Waals surface area contributed by atoms with Gasteiger partial charge in [0, 0.05) is 35.0 Å². The molecule has 1 aromatic heterocycles. The van der Waals surface area contributed by atoms with Gasteiger partial charge < -0.3 is 5.32 Å². The highest BCUT2D eigenvalue weighted by atomic mass is 32.2. The highest BCUT2D eigenvalue weighted by Crippen LogP contribution is 2.33. The van der Waals surface area contributed by atoms with E-state index >= 15 is 0 Å². The number of nitrogens with one attached hydrogen (secondary N) is 1. The van der Waals surface area contributed by atoms with E-state index in [0.717, 1.165) is 28.1 Å². The maximum Gasteiger partial charge on any atom is 0.256 e. The van der Waals surface area contributed by atoms with E-state index in [4.69, 9.17) is 0 Å². The summed E-state index contributed by atoms with van der Waals surface area (Å²) in [5.74, 6) is 0.795. The molecule has 1 amide bonds. The van der Waals surface area contributed by atoms with E-state index < -0.39 is 26.7 Å². The molecule has 0 saturated heterocycles. The van der Waals surface area contributed by atoms with Crippen molar-refractivity contribution in [3.63, 3.8) is 0 Å². The molecule has 2 aromatic carbocycles. The normalized spacial score (nSPS) is 15.5. The van der Waals surface area contributed by atoms with Crippen molar-refractivity contribution < 1.29 is 17.4 Å². The van der Waals surface area contributed by atoms with Crippen molar-refractivity contribution in [1.82, 2.24) is 14.1 Å². The molecule has 0 bridgehead atoms. The van der Waals surface area contributed by atoms with E-state index in [1.807, 2.05) is 32.0 Å². The summed E-state index contributed by atoms with van der Waals surface area (Å²) in [6.45, 7) is 8.32. The van der Waals surface area contributed by atoms with Crippen LogP contribution in [0.5, 0.6) is 0 Å². The van der Waals surface area contributed by atoms with Crippen LogP contribution in [0.1, 0.15) is 46.6 Å². The average Bonchev–Trinajstić information content (AvgIpc) is 3.33. The molecule has 4 rings (SSSR count). The third-order valence-corrected chi connectivity index (χ3v) is 9.44. The van der Waals surface area contributed by atoms with Crippen LogP contribution in [0.25, 0.3) is 5.69 Å². The Hall–Kier alpha value is -2.82. The SMILES string of the molecule is CCN(CC)S(=O)(=O)c1ccc(C(=O)Nc2c3c(nn2-c2cccc(C)c2C)C[S@](=O)C3)cc1. The number of benzene rings is 2. The third kappa shape index (κ3) is 4.33. The number of fused-ring (bicyclic) bond motifs is 1. The number of hydrogen-bond donors (Lipinski definition) is 1. The number of aromatic nitrogens is 2. The average molecular weight is 501 g/mol. The monoisotopic (exact) mass is 500 g/mol. The summed E-state index contributed by atoms with van der Waals surface area (Å²) in [5, 5.41) is 7.61. The first-order valence-corrected chi connectivity index (χ1v) is 14.0. The molecule has 1 N–H and O–H groups in total. The number of carbonyl (C=O) groups is 1. The van der Waals surface area contributed by atoms with Crippen LogP contribution in [-0.2, 0) is 32.3 Å². The molecule has 1 aliphatic heterocycles. The van der Waals surface area contributed by atoms with Crippen LogP contribution < -0.4 is 5.32 Å². The van der Waals surface area contributed by atoms with Crippen molar-refractivity contribution in [3.05, 3.63) is 70.4 Å². The summed E-state index contributed by atoms with van der Waals surface area (Å²) in [6.07, 6.45) is 0. The lowest BCUT2D eigenvalue weighted by atomic mass is 10.1. The minimum Gasteiger partial charge on any atom is -0.306 e. The molecule has 1 aliphatic rings. The Morgan fingerprint density at radius 3 is 2.41 bits per heavy atom. The minimum absolute atomic E-state index is 0.143. The summed E-state index contributed by atoms with van der Waals surface area (Å²) < 4.78 is 40.7. The Morgan fingerprint density at radius 2 is 1.76 bits per heavy atom. The number of sulfonamides is 1. The van der Waals surface area contributed by atoms with Crippen molar-refractivity contribution >= 4 is 32.5 Å². The van der Waals surface area contributed by atoms with Crippen LogP contribution in [0, 0.1) is 13.8 Å². The van der Waals surface area contributed by atoms with Gasteiger partial charge >= 0.3 is 0 Å². The number of anilines is 1. The van der Waals surface area contributed by atoms with E-state index in [2.05, 4.69) is 10.4 Å². The topological polar surface area (TPSA) is 101 Å². The van der Waals surface area contributed by atoms with Gasteiger partial charge in [-0.2, -0.15) is 9.40 Å². The Balaban J connectivity index is 1.68. The zero-order chi connectivity index (χ0) is 24.6. The van der Waals surface area contributed by atoms with Crippen LogP contribution >= 0.6 is 0 Å². The number of carbonyl (C=O) groups excluding carboxylic acids is 1. The Bertz CT molecular complexity index is 1370. The lowest BCUT2D eigenvalue weighted by molar-refractivity contribution is 0.102. The summed E-state index contributed by atoms with van der Waals surface area (Å²) in [4.78, 5) is 13.3. The molecule has 8 nitrogen and oxygen atoms in total. The molecule has 0 spiro atoms. The van der Waals surface area contributed by atoms with Crippen molar-refractivity contribution in [1.29, 1.82) is 0 Å². The van der Waals surface area contributed by atoms with Gasteiger partial charge in [-0.3, -0.25) is 9.00 Å². The predicted molar refractivity (Wildman–Crippen MR) is 133 cm³/mol. The van der Waals surface area contributed by atoms with Crippen LogP contribution in [-0.4, -0.2) is 45.7 Å². The van der Waals surface area contributed by atoms with Crippen molar-refractivity contribution in [2.45, 2.75) is 44.1 Å². The molecule has 10 heteroatoms. The molecule has 0 saturated carbocycles. The summed E-state index contributed by atoms with van der Waals surface area (Å²) in [6, 6.07) is 11.8. The second-order valence-corrected chi connectivity index (χ2v) is 11.6. The quantitative estimate of drug-likeness (QED) is 0.535. The number of hydrogen-bond acceptors (Lipinski definition) is 5. The molecular weight excluding hydrogens is 472 g/mol. The molecule has 0 unspecified atom stereocenters. The zero-order valence-electron chi connectivity index (χ0n) is 19.7. The lowest BCUT2D eigenvalue weighted by Gasteiger charge is -2.18. The van der Waals surface area contributed by atoms with Crippen LogP contribution in [0.15, 0.2) is 47.4 Å². The maximum absolute atomic E-state index is 13.1. The fourth-order valence-electron chi connectivity index (χ4n) is 4.07. The smallest absolute Gasteiger partial charge is 0.256 e. The first kappa shape index (κ1) is 24.3. The molecule has 1 atom stereocenters. The second-order valence-electron chi connectivity index (χ2n) is 8.20. The first-order chi connectivity index (χ1) is 16.2. The summed E-state index contributed by atoms with van der Waals surface area (Å²) in [7, 11) is -4.66. The largest absolute Gasteiger partial charge is 0.306 e. The van der Waals surface area contributed by atoms with E-state index in [9.17, 15) is 17.4 Å². The number of nitrogens with zero attached hydrogens (tertiary/aromatic N) is 3. The summed E-state index contributed by atoms with van der Waals surface area (Å²) >= 11 is 0. The zero-order valence-corrected chi connectivity index (χ0v) is 21.3. The second kappa shape index (κ2) is 9.44. The van der Waals surface area contributed by atoms with Crippen LogP contribution in [0.4, 0.5) is 5.82 Å². The molecule has 0 radical (unpaired) electrons. The molecule has 3 aromatic rings. The predicted octanol–water partition coefficient (Wildman–Crippen LogP) is 3.53. The maximum atomic E-state index is 13.1. The van der Waals surface area contributed by atoms with Crippen LogP contribution in [0.2, 0.25) is 0 Å². The molecular formula is C24H28N4O4S2. The number of rotatable bonds is 7. The fourth-order valence-corrected chi connectivity index (χ4v) is 6.79. The van der Waals surface area contributed by atoms with Crippen LogP contribution in [0.3, 0.4) is 0 Å². The van der Waals surface area contributed by atoms with Gasteiger partial charge in [-0.05, 0) is 55.3 Å². The number of amides is 1. The Morgan fingerprint density at radius 1 is 1.09 bits per heavy atom. The van der Waals surface area contributed by atoms with Gasteiger partial charge in [0.25, 0.3) is 5.91 Å². The first-order valence-electron chi connectivity index (χ1n) is 11.1. The molecule has 0 fully saturated rings. The van der Waals surface area contributed by atoms with Crippen molar-refractivity contribution in [2.75, 3.05) is 18.4 Å². The number of aryl methyl sites for hydroxylation is 1. The van der Waals surface area contributed by atoms with E-state index in [1.165, 1.54) is 28.6 Å². The van der Waals surface area contributed by atoms with Crippen molar-refractivity contribution in [3.8, 4) is 5.69 Å². The molecule has 180 valence electrons. The minimum atomic E-state index is -3.61. The van der Waals surface area contributed by atoms with E-state index in [0.29, 0.717) is 36.0 Å². The van der Waals surface area contributed by atoms with Gasteiger partial charge in [-0.25, -0.2) is 13.1 Å². The molecule has 0 aliphatic carbocycles. The highest BCUT2D eigenvalue weighted by Gasteiger charge is 2.29. The Labute approximate surface area is 202 Å². The van der Waals surface area contributed by atoms with Gasteiger partial charge in [-0.15, -0.1) is 0 Å². The van der Waals surface area contributed by atoms with E-state index in [-0.39, 0.29) is 4.90 Å². The molecule has 34 heavy (non-hydrogen) atoms. The standard InChI is InChI=1S/C24H28N4O4S2/c1-5-27(6-2)34(31,32)19-12-10-18(11-13-19)24(29)25-23-20-14-33(30)15-21(20)26-28(23)22-9-7-8-16(3)17(22)4/h7-13H,5-6,14-15H2,1-4H3,(H,25,29)/t33-/m1/s1. The summed E-state index contributed by atoms with van der Waals surface area (Å²) in [5.41, 5.74) is 4.78. The molecule has 2 heterocycles. The fraction of sp³-hybridized carbons (Fsp3) is 0.333. The Kier molecular flexibility index (Phi) is 6.75.